The van der Waals surface area contributed by atoms with E-state index in [4.69, 9.17) is 4.74 Å². The van der Waals surface area contributed by atoms with E-state index in [1.54, 1.807) is 46.6 Å². The molecule has 3 N–H and O–H groups in total. The van der Waals surface area contributed by atoms with Gasteiger partial charge in [-0.05, 0) is 25.3 Å². The number of imidazole rings is 1. The van der Waals surface area contributed by atoms with E-state index in [2.05, 4.69) is 30.8 Å². The Morgan fingerprint density at radius 1 is 1.04 bits per heavy atom. The number of anilines is 2. The zero-order valence-corrected chi connectivity index (χ0v) is 25.6. The number of imide groups is 1. The summed E-state index contributed by atoms with van der Waals surface area (Å²) in [5.74, 6) is -3.07. The van der Waals surface area contributed by atoms with Crippen LogP contribution in [0.3, 0.4) is 0 Å². The zero-order chi connectivity index (χ0) is 31.3. The number of Topliss-reactive ketones (excluding diaryl/α,β-unsaturated/α-hetero) is 2. The molecule has 236 valence electrons. The van der Waals surface area contributed by atoms with E-state index < -0.39 is 17.7 Å². The molecule has 1 aliphatic carbocycles. The number of aromatic nitrogens is 3. The van der Waals surface area contributed by atoms with Crippen molar-refractivity contribution in [1.82, 2.24) is 25.2 Å². The Morgan fingerprint density at radius 3 is 2.64 bits per heavy atom. The van der Waals surface area contributed by atoms with Crippen molar-refractivity contribution in [2.45, 2.75) is 38.5 Å². The van der Waals surface area contributed by atoms with E-state index in [-0.39, 0.29) is 36.2 Å². The monoisotopic (exact) mass is 633 g/mol. The minimum atomic E-state index is -1.08. The molecule has 2 fully saturated rings. The van der Waals surface area contributed by atoms with Crippen molar-refractivity contribution in [2.24, 2.45) is 11.8 Å². The summed E-state index contributed by atoms with van der Waals surface area (Å²) in [4.78, 5) is 74.0. The van der Waals surface area contributed by atoms with E-state index in [9.17, 15) is 24.0 Å². The smallest absolute Gasteiger partial charge is 0.271 e. The molecule has 0 radical (unpaired) electrons. The number of nitrogens with zero attached hydrogens (tertiary/aromatic N) is 4. The molecule has 45 heavy (non-hydrogen) atoms. The summed E-state index contributed by atoms with van der Waals surface area (Å²) in [6.45, 7) is 4.15. The lowest BCUT2D eigenvalue weighted by atomic mass is 9.82. The van der Waals surface area contributed by atoms with Gasteiger partial charge in [0.25, 0.3) is 5.91 Å². The molecule has 0 bridgehead atoms. The van der Waals surface area contributed by atoms with Crippen LogP contribution in [0.15, 0.2) is 36.1 Å². The van der Waals surface area contributed by atoms with Gasteiger partial charge in [0, 0.05) is 55.4 Å². The number of nitrogens with one attached hydrogen (secondary N) is 3. The summed E-state index contributed by atoms with van der Waals surface area (Å²) in [5, 5.41) is 11.3. The quantitative estimate of drug-likeness (QED) is 0.153. The van der Waals surface area contributed by atoms with Crippen LogP contribution in [0.1, 0.15) is 69.7 Å². The Hall–Kier alpha value is -4.43. The van der Waals surface area contributed by atoms with Crippen LogP contribution in [0.25, 0.3) is 5.82 Å². The molecule has 3 amide bonds. The predicted octanol–water partition coefficient (Wildman–Crippen LogP) is 2.62. The van der Waals surface area contributed by atoms with Crippen molar-refractivity contribution in [1.29, 1.82) is 0 Å². The minimum Gasteiger partial charge on any atom is -0.384 e. The molecule has 3 aliphatic rings. The first kappa shape index (κ1) is 30.6. The lowest BCUT2D eigenvalue weighted by molar-refractivity contribution is -0.137. The number of hydrogen-bond donors (Lipinski definition) is 3. The Kier molecular flexibility index (Phi) is 9.31. The molecule has 4 heterocycles. The number of carbonyl (C=O) groups excluding carboxylic acids is 5. The molecular weight excluding hydrogens is 598 g/mol. The minimum absolute atomic E-state index is 0.118. The number of unbranched alkanes of at least 4 members (excludes halogenated alkanes) is 3. The third kappa shape index (κ3) is 6.66. The third-order valence-electron chi connectivity index (χ3n) is 8.37. The Balaban J connectivity index is 0.909. The topological polar surface area (TPSA) is 165 Å². The number of ketones is 2. The fourth-order valence-corrected chi connectivity index (χ4v) is 6.83. The molecule has 13 nitrogen and oxygen atoms in total. The molecule has 2 saturated heterocycles. The average molecular weight is 634 g/mol. The molecule has 2 unspecified atom stereocenters. The van der Waals surface area contributed by atoms with Gasteiger partial charge in [-0.15, -0.1) is 11.3 Å². The van der Waals surface area contributed by atoms with Gasteiger partial charge in [0.05, 0.1) is 30.6 Å². The second-order valence-electron chi connectivity index (χ2n) is 11.3. The highest BCUT2D eigenvalue weighted by Crippen LogP contribution is 2.38. The summed E-state index contributed by atoms with van der Waals surface area (Å²) in [6.07, 6.45) is 7.05. The number of thiazole rings is 1. The van der Waals surface area contributed by atoms with Crippen LogP contribution in [0, 0.1) is 11.8 Å². The Bertz CT molecular complexity index is 1610. The molecule has 2 aliphatic heterocycles. The molecule has 14 heteroatoms. The van der Waals surface area contributed by atoms with Gasteiger partial charge in [0.2, 0.25) is 11.8 Å². The van der Waals surface area contributed by atoms with Crippen molar-refractivity contribution >= 4 is 51.4 Å². The summed E-state index contributed by atoms with van der Waals surface area (Å²) in [6, 6.07) is 5.11. The van der Waals surface area contributed by atoms with Gasteiger partial charge in [-0.1, -0.05) is 25.0 Å². The van der Waals surface area contributed by atoms with Crippen LogP contribution in [-0.2, 0) is 14.3 Å². The third-order valence-corrected chi connectivity index (χ3v) is 9.26. The SMILES string of the molecule is O=C1CCC(C2C(=O)c3cccc(NCCCCCCNC(=O)c4cn(-c5csc(N6CCOCC6)n5)cn4)c3C2=O)C(=O)N1. The summed E-state index contributed by atoms with van der Waals surface area (Å²) in [5.41, 5.74) is 1.57. The van der Waals surface area contributed by atoms with Gasteiger partial charge in [-0.3, -0.25) is 33.9 Å². The van der Waals surface area contributed by atoms with Crippen LogP contribution in [0.2, 0.25) is 0 Å². The van der Waals surface area contributed by atoms with Crippen LogP contribution in [-0.4, -0.2) is 83.2 Å². The number of morpholine rings is 1. The predicted molar refractivity (Wildman–Crippen MR) is 166 cm³/mol. The van der Waals surface area contributed by atoms with Crippen molar-refractivity contribution in [3.8, 4) is 5.82 Å². The van der Waals surface area contributed by atoms with E-state index in [0.29, 0.717) is 48.8 Å². The molecule has 2 atom stereocenters. The highest BCUT2D eigenvalue weighted by molar-refractivity contribution is 7.14. The van der Waals surface area contributed by atoms with Crippen LogP contribution in [0.4, 0.5) is 10.8 Å². The number of hydrogen-bond acceptors (Lipinski definition) is 11. The molecule has 3 aromatic rings. The van der Waals surface area contributed by atoms with E-state index >= 15 is 0 Å². The summed E-state index contributed by atoms with van der Waals surface area (Å²) < 4.78 is 7.16. The first-order valence-corrected chi connectivity index (χ1v) is 16.2. The summed E-state index contributed by atoms with van der Waals surface area (Å²) in [7, 11) is 0. The molecular formula is C31H35N7O6S. The number of fused-ring (bicyclic) bond motifs is 1. The number of carbonyl (C=O) groups is 5. The molecule has 0 spiro atoms. The van der Waals surface area contributed by atoms with E-state index in [1.807, 2.05) is 5.38 Å². The maximum atomic E-state index is 13.3. The molecule has 1 aromatic carbocycles. The van der Waals surface area contributed by atoms with Gasteiger partial charge >= 0.3 is 0 Å². The first-order chi connectivity index (χ1) is 21.9. The van der Waals surface area contributed by atoms with Gasteiger partial charge in [-0.2, -0.15) is 0 Å². The Morgan fingerprint density at radius 2 is 1.84 bits per heavy atom. The number of ether oxygens (including phenoxy) is 1. The fraction of sp³-hybridized carbons (Fsp3) is 0.452. The largest absolute Gasteiger partial charge is 0.384 e. The van der Waals surface area contributed by atoms with Crippen LogP contribution in [0.5, 0.6) is 0 Å². The number of benzene rings is 1. The highest BCUT2D eigenvalue weighted by atomic mass is 32.1. The second kappa shape index (κ2) is 13.7. The van der Waals surface area contributed by atoms with Crippen molar-refractivity contribution in [2.75, 3.05) is 49.6 Å². The Labute approximate surface area is 263 Å². The number of amides is 3. The van der Waals surface area contributed by atoms with Crippen molar-refractivity contribution < 1.29 is 28.7 Å². The van der Waals surface area contributed by atoms with Crippen LogP contribution >= 0.6 is 11.3 Å². The van der Waals surface area contributed by atoms with Gasteiger partial charge < -0.3 is 20.3 Å². The molecule has 6 rings (SSSR count). The first-order valence-electron chi connectivity index (χ1n) is 15.3. The standard InChI is InChI=1S/C31H35N7O6S/c39-24-9-8-20(29(42)36-24)26-27(40)19-6-5-7-21(25(19)28(26)41)32-10-3-1-2-4-11-33-30(43)22-16-38(18-34-22)23-17-45-31(35-23)37-12-14-44-15-13-37/h5-7,16-18,20,26,32H,1-4,8-15H2,(H,33,43)(H,36,39,42). The lowest BCUT2D eigenvalue weighted by Gasteiger charge is -2.25. The van der Waals surface area contributed by atoms with Crippen molar-refractivity contribution in [3.63, 3.8) is 0 Å². The number of rotatable bonds is 12. The maximum absolute atomic E-state index is 13.3. The van der Waals surface area contributed by atoms with Crippen LogP contribution < -0.4 is 20.9 Å². The molecule has 2 aromatic heterocycles. The normalized spacial score (nSPS) is 19.9. The fourth-order valence-electron chi connectivity index (χ4n) is 5.97. The average Bonchev–Trinajstić information content (AvgIpc) is 3.79. The summed E-state index contributed by atoms with van der Waals surface area (Å²) >= 11 is 1.56. The molecule has 0 saturated carbocycles. The highest BCUT2D eigenvalue weighted by Gasteiger charge is 2.48. The zero-order valence-electron chi connectivity index (χ0n) is 24.8. The second-order valence-corrected chi connectivity index (χ2v) is 12.2. The number of piperidine rings is 1. The van der Waals surface area contributed by atoms with E-state index in [1.165, 1.54) is 0 Å². The maximum Gasteiger partial charge on any atom is 0.271 e. The van der Waals surface area contributed by atoms with E-state index in [0.717, 1.165) is 49.7 Å². The van der Waals surface area contributed by atoms with Gasteiger partial charge in [-0.25, -0.2) is 9.97 Å². The van der Waals surface area contributed by atoms with Crippen molar-refractivity contribution in [3.05, 3.63) is 52.9 Å². The van der Waals surface area contributed by atoms with Gasteiger partial charge in [0.1, 0.15) is 12.0 Å². The lowest BCUT2D eigenvalue weighted by Crippen LogP contribution is -2.46. The van der Waals surface area contributed by atoms with Gasteiger partial charge in [0.15, 0.2) is 22.5 Å².